The summed E-state index contributed by atoms with van der Waals surface area (Å²) in [5, 5.41) is 13.2. The topological polar surface area (TPSA) is 92.5 Å². The van der Waals surface area contributed by atoms with Crippen LogP contribution in [0.5, 0.6) is 0 Å². The van der Waals surface area contributed by atoms with Gasteiger partial charge in [-0.15, -0.1) is 0 Å². The summed E-state index contributed by atoms with van der Waals surface area (Å²) in [5.41, 5.74) is 0.925. The van der Waals surface area contributed by atoms with Crippen molar-refractivity contribution in [3.8, 4) is 5.82 Å². The number of fused-ring (bicyclic) bond motifs is 1. The van der Waals surface area contributed by atoms with Gasteiger partial charge in [0.15, 0.2) is 0 Å². The Bertz CT molecular complexity index is 1290. The number of aryl methyl sites for hydroxylation is 1. The molecule has 5 rings (SSSR count). The molecule has 36 heavy (non-hydrogen) atoms. The molecule has 3 aromatic rings. The van der Waals surface area contributed by atoms with Crippen molar-refractivity contribution < 1.29 is 27.8 Å². The van der Waals surface area contributed by atoms with Gasteiger partial charge in [0.2, 0.25) is 11.9 Å². The molecule has 4 heterocycles. The molecule has 0 spiro atoms. The lowest BCUT2D eigenvalue weighted by molar-refractivity contribution is -0.141. The first-order valence-electron chi connectivity index (χ1n) is 11.7. The van der Waals surface area contributed by atoms with Gasteiger partial charge in [0, 0.05) is 24.0 Å². The number of halogens is 4. The van der Waals surface area contributed by atoms with Gasteiger partial charge in [-0.1, -0.05) is 17.7 Å². The second-order valence-corrected chi connectivity index (χ2v) is 9.60. The summed E-state index contributed by atoms with van der Waals surface area (Å²) >= 11 is 6.35. The number of alkyl halides is 3. The number of aliphatic hydroxyl groups is 1. The predicted molar refractivity (Wildman–Crippen MR) is 127 cm³/mol. The molecule has 1 amide bonds. The Morgan fingerprint density at radius 2 is 1.94 bits per heavy atom. The van der Waals surface area contributed by atoms with Crippen LogP contribution < -0.4 is 10.2 Å². The fourth-order valence-electron chi connectivity index (χ4n) is 4.66. The van der Waals surface area contributed by atoms with E-state index in [4.69, 9.17) is 21.3 Å². The minimum atomic E-state index is -4.59. The number of amides is 1. The number of aliphatic hydroxyl groups excluding tert-OH is 1. The number of aromatic nitrogens is 3. The predicted octanol–water partition coefficient (Wildman–Crippen LogP) is 3.49. The van der Waals surface area contributed by atoms with Gasteiger partial charge in [-0.25, -0.2) is 9.97 Å². The Morgan fingerprint density at radius 3 is 2.61 bits per heavy atom. The van der Waals surface area contributed by atoms with E-state index >= 15 is 0 Å². The molecule has 2 atom stereocenters. The third-order valence-electron chi connectivity index (χ3n) is 6.70. The number of pyridine rings is 1. The van der Waals surface area contributed by atoms with Crippen molar-refractivity contribution >= 4 is 34.5 Å². The minimum Gasteiger partial charge on any atom is -0.388 e. The molecule has 12 heteroatoms. The van der Waals surface area contributed by atoms with Crippen molar-refractivity contribution in [1.82, 2.24) is 19.9 Å². The number of ether oxygens (including phenoxy) is 1. The second-order valence-electron chi connectivity index (χ2n) is 9.20. The fraction of sp³-hybridized carbons (Fsp3) is 0.458. The standard InChI is InChI=1S/C24H25ClF3N5O3/c1-13-9-16-18(10-15(13)25)33(21-4-2-3-20(31-21)24(26,27)28)23(30-16)32-7-5-14(6-8-32)22(35)29-17-11-36-12-19(17)34/h2-4,9-10,14,17,19,34H,5-8,11-12H2,1H3,(H,29,35)/t17-,19-/m0/s1. The summed E-state index contributed by atoms with van der Waals surface area (Å²) in [4.78, 5) is 23.3. The van der Waals surface area contributed by atoms with Crippen LogP contribution in [0.3, 0.4) is 0 Å². The van der Waals surface area contributed by atoms with E-state index in [2.05, 4.69) is 10.3 Å². The van der Waals surface area contributed by atoms with Crippen molar-refractivity contribution in [3.05, 3.63) is 46.6 Å². The number of benzene rings is 1. The number of nitrogens with one attached hydrogen (secondary N) is 1. The number of nitrogens with zero attached hydrogens (tertiary/aromatic N) is 4. The van der Waals surface area contributed by atoms with E-state index in [1.54, 1.807) is 16.7 Å². The molecule has 2 fully saturated rings. The fourth-order valence-corrected chi connectivity index (χ4v) is 4.81. The van der Waals surface area contributed by atoms with Crippen LogP contribution in [0.1, 0.15) is 24.1 Å². The zero-order chi connectivity index (χ0) is 25.6. The molecular formula is C24H25ClF3N5O3. The number of anilines is 1. The van der Waals surface area contributed by atoms with E-state index < -0.39 is 24.0 Å². The summed E-state index contributed by atoms with van der Waals surface area (Å²) < 4.78 is 47.0. The molecule has 2 saturated heterocycles. The second kappa shape index (κ2) is 9.53. The number of carbonyl (C=O) groups excluding carboxylic acids is 1. The largest absolute Gasteiger partial charge is 0.433 e. The molecule has 2 aromatic heterocycles. The highest BCUT2D eigenvalue weighted by Crippen LogP contribution is 2.34. The Morgan fingerprint density at radius 1 is 1.19 bits per heavy atom. The lowest BCUT2D eigenvalue weighted by Crippen LogP contribution is -2.48. The van der Waals surface area contributed by atoms with Crippen molar-refractivity contribution in [2.75, 3.05) is 31.2 Å². The molecule has 8 nitrogen and oxygen atoms in total. The summed E-state index contributed by atoms with van der Waals surface area (Å²) in [6.45, 7) is 3.25. The molecular weight excluding hydrogens is 499 g/mol. The quantitative estimate of drug-likeness (QED) is 0.544. The highest BCUT2D eigenvalue weighted by Gasteiger charge is 2.35. The normalized spacial score (nSPS) is 21.3. The lowest BCUT2D eigenvalue weighted by Gasteiger charge is -2.33. The van der Waals surface area contributed by atoms with E-state index in [1.165, 1.54) is 12.1 Å². The van der Waals surface area contributed by atoms with Crippen LogP contribution in [-0.2, 0) is 15.7 Å². The molecule has 0 aliphatic carbocycles. The highest BCUT2D eigenvalue weighted by molar-refractivity contribution is 6.32. The Balaban J connectivity index is 1.44. The smallest absolute Gasteiger partial charge is 0.388 e. The lowest BCUT2D eigenvalue weighted by atomic mass is 9.95. The zero-order valence-corrected chi connectivity index (χ0v) is 20.2. The van der Waals surface area contributed by atoms with Crippen molar-refractivity contribution in [2.45, 2.75) is 38.1 Å². The maximum atomic E-state index is 13.4. The molecule has 2 aliphatic heterocycles. The average Bonchev–Trinajstić information content (AvgIpc) is 3.42. The molecule has 0 saturated carbocycles. The van der Waals surface area contributed by atoms with Crippen LogP contribution in [0, 0.1) is 12.8 Å². The van der Waals surface area contributed by atoms with Gasteiger partial charge in [0.1, 0.15) is 11.5 Å². The van der Waals surface area contributed by atoms with Crippen molar-refractivity contribution in [2.24, 2.45) is 5.92 Å². The monoisotopic (exact) mass is 523 g/mol. The zero-order valence-electron chi connectivity index (χ0n) is 19.4. The van der Waals surface area contributed by atoms with E-state index in [9.17, 15) is 23.1 Å². The molecule has 1 aromatic carbocycles. The highest BCUT2D eigenvalue weighted by atomic mass is 35.5. The molecule has 192 valence electrons. The third-order valence-corrected chi connectivity index (χ3v) is 7.11. The van der Waals surface area contributed by atoms with Crippen LogP contribution in [0.4, 0.5) is 19.1 Å². The molecule has 0 radical (unpaired) electrons. The average molecular weight is 524 g/mol. The number of hydrogen-bond acceptors (Lipinski definition) is 6. The Kier molecular flexibility index (Phi) is 6.56. The Hall–Kier alpha value is -2.89. The number of carbonyl (C=O) groups is 1. The van der Waals surface area contributed by atoms with Gasteiger partial charge in [-0.3, -0.25) is 9.36 Å². The van der Waals surface area contributed by atoms with E-state index in [0.29, 0.717) is 47.9 Å². The summed E-state index contributed by atoms with van der Waals surface area (Å²) in [6.07, 6.45) is -4.27. The van der Waals surface area contributed by atoms with Gasteiger partial charge < -0.3 is 20.1 Å². The summed E-state index contributed by atoms with van der Waals surface area (Å²) in [7, 11) is 0. The van der Waals surface area contributed by atoms with E-state index in [-0.39, 0.29) is 30.9 Å². The van der Waals surface area contributed by atoms with E-state index in [1.807, 2.05) is 11.8 Å². The maximum Gasteiger partial charge on any atom is 0.433 e. The van der Waals surface area contributed by atoms with Crippen LogP contribution in [-0.4, -0.2) is 64.0 Å². The number of rotatable bonds is 4. The van der Waals surface area contributed by atoms with Gasteiger partial charge in [0.05, 0.1) is 36.4 Å². The summed E-state index contributed by atoms with van der Waals surface area (Å²) in [6, 6.07) is 6.80. The molecule has 0 unspecified atom stereocenters. The molecule has 2 aliphatic rings. The number of piperidine rings is 1. The number of hydrogen-bond donors (Lipinski definition) is 2. The first kappa shape index (κ1) is 24.8. The van der Waals surface area contributed by atoms with Gasteiger partial charge in [-0.2, -0.15) is 13.2 Å². The molecule has 2 N–H and O–H groups in total. The Labute approximate surface area is 210 Å². The SMILES string of the molecule is Cc1cc2nc(N3CCC(C(=O)N[C@H]4COC[C@@H]4O)CC3)n(-c3cccc(C(F)(F)F)n3)c2cc1Cl. The minimum absolute atomic E-state index is 0.0809. The van der Waals surface area contributed by atoms with Crippen LogP contribution in [0.2, 0.25) is 5.02 Å². The van der Waals surface area contributed by atoms with Crippen LogP contribution in [0.25, 0.3) is 16.9 Å². The van der Waals surface area contributed by atoms with Gasteiger partial charge >= 0.3 is 6.18 Å². The van der Waals surface area contributed by atoms with Gasteiger partial charge in [-0.05, 0) is 49.6 Å². The first-order valence-corrected chi connectivity index (χ1v) is 12.0. The van der Waals surface area contributed by atoms with Crippen LogP contribution >= 0.6 is 11.6 Å². The van der Waals surface area contributed by atoms with E-state index in [0.717, 1.165) is 11.6 Å². The van der Waals surface area contributed by atoms with Crippen molar-refractivity contribution in [1.29, 1.82) is 0 Å². The van der Waals surface area contributed by atoms with Gasteiger partial charge in [0.25, 0.3) is 0 Å². The first-order chi connectivity index (χ1) is 17.1. The number of imidazole rings is 1. The molecule has 0 bridgehead atoms. The van der Waals surface area contributed by atoms with Crippen molar-refractivity contribution in [3.63, 3.8) is 0 Å². The van der Waals surface area contributed by atoms with Crippen LogP contribution in [0.15, 0.2) is 30.3 Å². The maximum absolute atomic E-state index is 13.4. The summed E-state index contributed by atoms with van der Waals surface area (Å²) in [5.74, 6) is 0.129. The third kappa shape index (κ3) is 4.74.